The lowest BCUT2D eigenvalue weighted by Crippen LogP contribution is -3.00. The highest BCUT2D eigenvalue weighted by atomic mass is 35.5. The molecule has 0 radical (unpaired) electrons. The standard InChI is InChI=1S/C25H24F3N3O5S.2ClH/c26-25(27,28)19-4-6-20(7-5-19)36-21-8-10-22(11-9-21)37(34,35)24(23(32)29-33)12-16-31(17-13-24)18-30-14-2-1-3-15-30;;/h1-11,14-15H,12-13,16-18H2,(H-,29,32,33);2*1H/p-1. The first kappa shape index (κ1) is 32.3. The molecule has 1 aliphatic heterocycles. The average molecular weight is 607 g/mol. The first-order valence-corrected chi connectivity index (χ1v) is 12.8. The summed E-state index contributed by atoms with van der Waals surface area (Å²) in [4.78, 5) is 14.6. The van der Waals surface area contributed by atoms with E-state index in [1.54, 1.807) is 0 Å². The highest BCUT2D eigenvalue weighted by Crippen LogP contribution is 2.37. The number of amides is 1. The number of benzene rings is 2. The van der Waals surface area contributed by atoms with Crippen LogP contribution >= 0.6 is 0 Å². The molecule has 0 spiro atoms. The number of ether oxygens (including phenoxy) is 1. The third-order valence-corrected chi connectivity index (χ3v) is 8.90. The predicted molar refractivity (Wildman–Crippen MR) is 125 cm³/mol. The van der Waals surface area contributed by atoms with E-state index in [4.69, 9.17) is 4.74 Å². The van der Waals surface area contributed by atoms with E-state index in [-0.39, 0.29) is 54.1 Å². The molecule has 1 aliphatic rings. The van der Waals surface area contributed by atoms with E-state index in [9.17, 15) is 31.6 Å². The summed E-state index contributed by atoms with van der Waals surface area (Å²) < 4.78 is 71.1. The smallest absolute Gasteiger partial charge is 0.416 e. The van der Waals surface area contributed by atoms with Crippen molar-refractivity contribution >= 4 is 15.7 Å². The number of carbonyl (C=O) groups excluding carboxylic acids is 1. The van der Waals surface area contributed by atoms with E-state index < -0.39 is 32.2 Å². The third kappa shape index (κ3) is 7.00. The fraction of sp³-hybridized carbons (Fsp3) is 0.280. The number of aromatic nitrogens is 1. The minimum atomic E-state index is -4.47. The molecule has 1 saturated heterocycles. The number of hydrogen-bond donors (Lipinski definition) is 2. The number of piperidine rings is 1. The van der Waals surface area contributed by atoms with Gasteiger partial charge in [-0.05, 0) is 61.4 Å². The highest BCUT2D eigenvalue weighted by molar-refractivity contribution is 7.93. The maximum Gasteiger partial charge on any atom is 0.416 e. The van der Waals surface area contributed by atoms with Gasteiger partial charge in [-0.15, -0.1) is 0 Å². The van der Waals surface area contributed by atoms with E-state index in [2.05, 4.69) is 0 Å². The summed E-state index contributed by atoms with van der Waals surface area (Å²) in [5, 5.41) is 9.37. The van der Waals surface area contributed by atoms with Crippen LogP contribution in [-0.4, -0.2) is 42.3 Å². The van der Waals surface area contributed by atoms with Crippen LogP contribution in [-0.2, 0) is 27.5 Å². The topological polar surface area (TPSA) is 99.8 Å². The number of nitrogens with one attached hydrogen (secondary N) is 1. The van der Waals surface area contributed by atoms with Gasteiger partial charge in [0.2, 0.25) is 6.67 Å². The Hall–Kier alpha value is -2.90. The van der Waals surface area contributed by atoms with Crippen LogP contribution in [0.4, 0.5) is 13.2 Å². The number of hydroxylamine groups is 1. The number of hydrogen-bond acceptors (Lipinski definition) is 6. The Morgan fingerprint density at radius 1 is 0.949 bits per heavy atom. The number of carbonyl (C=O) groups is 1. The third-order valence-electron chi connectivity index (χ3n) is 6.39. The molecule has 0 atom stereocenters. The Kier molecular flexibility index (Phi) is 10.7. The second kappa shape index (κ2) is 13.0. The van der Waals surface area contributed by atoms with Gasteiger partial charge in [-0.1, -0.05) is 6.07 Å². The van der Waals surface area contributed by atoms with Crippen LogP contribution in [0.5, 0.6) is 11.5 Å². The highest BCUT2D eigenvalue weighted by Gasteiger charge is 2.53. The number of likely N-dealkylation sites (tertiary alicyclic amines) is 1. The summed E-state index contributed by atoms with van der Waals surface area (Å²) in [7, 11) is -4.23. The lowest BCUT2D eigenvalue weighted by atomic mass is 9.95. The molecule has 2 heterocycles. The van der Waals surface area contributed by atoms with Crippen molar-refractivity contribution in [2.24, 2.45) is 0 Å². The van der Waals surface area contributed by atoms with Crippen molar-refractivity contribution in [3.05, 3.63) is 84.7 Å². The van der Waals surface area contributed by atoms with Gasteiger partial charge in [-0.2, -0.15) is 17.7 Å². The summed E-state index contributed by atoms with van der Waals surface area (Å²) in [5.41, 5.74) is 0.711. The van der Waals surface area contributed by atoms with Crippen molar-refractivity contribution in [1.29, 1.82) is 0 Å². The molecule has 3 aromatic rings. The van der Waals surface area contributed by atoms with Crippen molar-refractivity contribution in [2.45, 2.75) is 35.3 Å². The fourth-order valence-electron chi connectivity index (χ4n) is 4.30. The van der Waals surface area contributed by atoms with Crippen LogP contribution in [0.15, 0.2) is 84.0 Å². The van der Waals surface area contributed by atoms with Crippen LogP contribution in [0.2, 0.25) is 0 Å². The summed E-state index contributed by atoms with van der Waals surface area (Å²) in [6.45, 7) is 1.14. The van der Waals surface area contributed by atoms with Gasteiger partial charge in [-0.3, -0.25) is 10.0 Å². The van der Waals surface area contributed by atoms with Crippen LogP contribution < -0.4 is 39.6 Å². The van der Waals surface area contributed by atoms with Crippen molar-refractivity contribution < 1.29 is 65.7 Å². The molecule has 0 unspecified atom stereocenters. The van der Waals surface area contributed by atoms with Gasteiger partial charge in [0.1, 0.15) is 11.5 Å². The summed E-state index contributed by atoms with van der Waals surface area (Å²) >= 11 is 0. The molecule has 14 heteroatoms. The number of rotatable bonds is 7. The number of alkyl halides is 3. The fourth-order valence-corrected chi connectivity index (χ4v) is 6.25. The molecule has 2 N–H and O–H groups in total. The van der Waals surface area contributed by atoms with Gasteiger partial charge in [0.25, 0.3) is 5.91 Å². The van der Waals surface area contributed by atoms with Gasteiger partial charge < -0.3 is 29.6 Å². The van der Waals surface area contributed by atoms with Crippen LogP contribution in [0.3, 0.4) is 0 Å². The zero-order valence-electron chi connectivity index (χ0n) is 20.3. The van der Waals surface area contributed by atoms with E-state index >= 15 is 0 Å². The molecule has 0 bridgehead atoms. The van der Waals surface area contributed by atoms with Crippen LogP contribution in [0.25, 0.3) is 0 Å². The zero-order chi connectivity index (χ0) is 26.7. The normalized spacial score (nSPS) is 15.4. The molecule has 0 saturated carbocycles. The van der Waals surface area contributed by atoms with E-state index in [0.717, 1.165) is 24.3 Å². The van der Waals surface area contributed by atoms with E-state index in [1.165, 1.54) is 29.7 Å². The van der Waals surface area contributed by atoms with Crippen molar-refractivity contribution in [3.63, 3.8) is 0 Å². The van der Waals surface area contributed by atoms with Gasteiger partial charge in [0.05, 0.1) is 10.5 Å². The quantitative estimate of drug-likeness (QED) is 0.176. The SMILES string of the molecule is O=C(NO)C1(S(=O)(=O)c2ccc(Oc3ccc(C(F)(F)F)cc3)cc2)CCN(C[n+]2ccccc2)CC1.[Cl-].[Cl-]. The second-order valence-electron chi connectivity index (χ2n) is 8.68. The number of pyridine rings is 1. The molecule has 0 aliphatic carbocycles. The van der Waals surface area contributed by atoms with E-state index in [0.29, 0.717) is 19.8 Å². The molecule has 1 amide bonds. The minimum Gasteiger partial charge on any atom is -1.00 e. The van der Waals surface area contributed by atoms with Crippen molar-refractivity contribution in [1.82, 2.24) is 10.4 Å². The molecule has 212 valence electrons. The van der Waals surface area contributed by atoms with Crippen LogP contribution in [0, 0.1) is 0 Å². The lowest BCUT2D eigenvalue weighted by molar-refractivity contribution is -0.716. The molecular weight excluding hydrogens is 582 g/mol. The summed E-state index contributed by atoms with van der Waals surface area (Å²) in [6.07, 6.45) is -0.763. The largest absolute Gasteiger partial charge is 1.00 e. The molecule has 8 nitrogen and oxygen atoms in total. The predicted octanol–water partition coefficient (Wildman–Crippen LogP) is -2.44. The van der Waals surface area contributed by atoms with Gasteiger partial charge in [-0.25, -0.2) is 18.8 Å². The Labute approximate surface area is 236 Å². The van der Waals surface area contributed by atoms with Crippen LogP contribution in [0.1, 0.15) is 18.4 Å². The van der Waals surface area contributed by atoms with E-state index in [1.807, 2.05) is 40.1 Å². The molecule has 2 aromatic carbocycles. The lowest BCUT2D eigenvalue weighted by Gasteiger charge is -2.38. The zero-order valence-corrected chi connectivity index (χ0v) is 22.6. The second-order valence-corrected chi connectivity index (χ2v) is 10.9. The molecular formula is C25H25Cl2F3N3O5S-. The summed E-state index contributed by atoms with van der Waals surface area (Å²) in [5.74, 6) is -0.651. The monoisotopic (exact) mass is 606 g/mol. The molecule has 1 fully saturated rings. The Morgan fingerprint density at radius 3 is 1.95 bits per heavy atom. The molecule has 1 aromatic heterocycles. The Morgan fingerprint density at radius 2 is 1.46 bits per heavy atom. The first-order valence-electron chi connectivity index (χ1n) is 11.4. The van der Waals surface area contributed by atoms with Gasteiger partial charge in [0, 0.05) is 25.2 Å². The number of halogens is 5. The Bertz CT molecular complexity index is 1340. The van der Waals surface area contributed by atoms with Crippen molar-refractivity contribution in [2.75, 3.05) is 13.1 Å². The van der Waals surface area contributed by atoms with Crippen molar-refractivity contribution in [3.8, 4) is 11.5 Å². The van der Waals surface area contributed by atoms with Gasteiger partial charge >= 0.3 is 6.18 Å². The number of nitrogens with zero attached hydrogens (tertiary/aromatic N) is 2. The minimum absolute atomic E-state index is 0. The molecule has 4 rings (SSSR count). The number of sulfone groups is 1. The molecule has 39 heavy (non-hydrogen) atoms. The Balaban J connectivity index is 0.00000267. The van der Waals surface area contributed by atoms with Gasteiger partial charge in [0.15, 0.2) is 27.0 Å². The average Bonchev–Trinajstić information content (AvgIpc) is 2.89. The summed E-state index contributed by atoms with van der Waals surface area (Å²) in [6, 6.07) is 15.0. The maximum atomic E-state index is 13.6. The maximum absolute atomic E-state index is 13.6. The first-order chi connectivity index (χ1) is 17.5.